The molecule has 188 valence electrons. The lowest BCUT2D eigenvalue weighted by Crippen LogP contribution is -2.21. The van der Waals surface area contributed by atoms with Crippen LogP contribution in [0.25, 0.3) is 0 Å². The Morgan fingerprint density at radius 3 is 2.31 bits per heavy atom. The fraction of sp³-hybridized carbons (Fsp3) is 0.208. The summed E-state index contributed by atoms with van der Waals surface area (Å²) in [5.74, 6) is -0.642. The maximum Gasteiger partial charge on any atom is 0.417 e. The van der Waals surface area contributed by atoms with Gasteiger partial charge in [-0.2, -0.15) is 13.2 Å². The number of aromatic nitrogens is 1. The first-order valence-electron chi connectivity index (χ1n) is 10.6. The Morgan fingerprint density at radius 2 is 1.67 bits per heavy atom. The predicted octanol–water partition coefficient (Wildman–Crippen LogP) is 7.07. The normalized spacial score (nSPS) is 14.1. The van der Waals surface area contributed by atoms with Crippen molar-refractivity contribution in [2.45, 2.75) is 25.9 Å². The summed E-state index contributed by atoms with van der Waals surface area (Å²) in [6, 6.07) is 8.53. The molecule has 1 aromatic heterocycles. The number of ether oxygens (including phenoxy) is 1. The predicted molar refractivity (Wildman–Crippen MR) is 126 cm³/mol. The molecule has 1 saturated carbocycles. The monoisotopic (exact) mass is 522 g/mol. The van der Waals surface area contributed by atoms with Gasteiger partial charge in [-0.25, -0.2) is 14.2 Å². The number of hydrogen-bond acceptors (Lipinski definition) is 4. The van der Waals surface area contributed by atoms with Crippen molar-refractivity contribution in [2.24, 2.45) is 5.41 Å². The van der Waals surface area contributed by atoms with E-state index in [0.717, 1.165) is 25.0 Å². The average molecular weight is 523 g/mol. The molecule has 1 aliphatic rings. The van der Waals surface area contributed by atoms with Crippen LogP contribution in [0, 0.1) is 11.2 Å². The molecule has 0 unspecified atom stereocenters. The molecule has 0 spiro atoms. The van der Waals surface area contributed by atoms with Gasteiger partial charge in [-0.3, -0.25) is 4.79 Å². The van der Waals surface area contributed by atoms with Crippen molar-refractivity contribution in [2.75, 3.05) is 16.0 Å². The number of anilines is 3. The number of benzene rings is 2. The van der Waals surface area contributed by atoms with Gasteiger partial charge in [0.05, 0.1) is 10.6 Å². The molecule has 3 aromatic rings. The minimum absolute atomic E-state index is 0.0303. The van der Waals surface area contributed by atoms with Gasteiger partial charge in [0.1, 0.15) is 11.6 Å². The standard InChI is InChI=1S/C24H19ClF4N4O3/c1-23(7-8-23)21(34)33-20-12-15(6-9-30-20)36-19-5-3-14(11-18(19)26)32-22(35)31-13-2-4-17(25)16(10-13)24(27,28)29/h2-6,9-12H,7-8H2,1H3,(H,30,33,34)(H2,31,32,35). The highest BCUT2D eigenvalue weighted by Crippen LogP contribution is 2.45. The third-order valence-corrected chi connectivity index (χ3v) is 5.80. The van der Waals surface area contributed by atoms with E-state index < -0.39 is 34.0 Å². The summed E-state index contributed by atoms with van der Waals surface area (Å²) in [4.78, 5) is 28.4. The lowest BCUT2D eigenvalue weighted by atomic mass is 10.1. The van der Waals surface area contributed by atoms with Crippen molar-refractivity contribution in [3.05, 3.63) is 71.1 Å². The minimum Gasteiger partial charge on any atom is -0.454 e. The molecule has 4 rings (SSSR count). The second-order valence-corrected chi connectivity index (χ2v) is 8.82. The van der Waals surface area contributed by atoms with Crippen molar-refractivity contribution >= 4 is 40.7 Å². The summed E-state index contributed by atoms with van der Waals surface area (Å²) < 4.78 is 59.1. The summed E-state index contributed by atoms with van der Waals surface area (Å²) in [6.45, 7) is 1.85. The van der Waals surface area contributed by atoms with Gasteiger partial charge in [0.25, 0.3) is 0 Å². The number of carbonyl (C=O) groups excluding carboxylic acids is 2. The molecule has 2 aromatic carbocycles. The molecule has 0 bridgehead atoms. The number of pyridine rings is 1. The Labute approximate surface area is 207 Å². The number of hydrogen-bond donors (Lipinski definition) is 3. The minimum atomic E-state index is -4.69. The third kappa shape index (κ3) is 6.03. The number of amides is 3. The molecule has 0 saturated heterocycles. The Bertz CT molecular complexity index is 1330. The highest BCUT2D eigenvalue weighted by molar-refractivity contribution is 6.31. The molecule has 1 heterocycles. The van der Waals surface area contributed by atoms with Gasteiger partial charge >= 0.3 is 12.2 Å². The van der Waals surface area contributed by atoms with E-state index in [2.05, 4.69) is 20.9 Å². The van der Waals surface area contributed by atoms with Crippen LogP contribution in [-0.4, -0.2) is 16.9 Å². The molecular formula is C24H19ClF4N4O3. The van der Waals surface area contributed by atoms with E-state index in [1.165, 1.54) is 36.5 Å². The molecule has 0 aliphatic heterocycles. The first-order valence-corrected chi connectivity index (χ1v) is 11.0. The van der Waals surface area contributed by atoms with E-state index in [-0.39, 0.29) is 34.6 Å². The van der Waals surface area contributed by atoms with E-state index in [4.69, 9.17) is 16.3 Å². The molecule has 1 aliphatic carbocycles. The number of nitrogens with zero attached hydrogens (tertiary/aromatic N) is 1. The zero-order valence-electron chi connectivity index (χ0n) is 18.7. The van der Waals surface area contributed by atoms with E-state index in [1.54, 1.807) is 0 Å². The number of urea groups is 1. The Balaban J connectivity index is 1.39. The van der Waals surface area contributed by atoms with Crippen LogP contribution in [0.2, 0.25) is 5.02 Å². The second kappa shape index (κ2) is 9.65. The van der Waals surface area contributed by atoms with Crippen molar-refractivity contribution in [3.63, 3.8) is 0 Å². The zero-order valence-corrected chi connectivity index (χ0v) is 19.4. The molecule has 7 nitrogen and oxygen atoms in total. The first kappa shape index (κ1) is 25.2. The highest BCUT2D eigenvalue weighted by Gasteiger charge is 2.45. The van der Waals surface area contributed by atoms with Crippen LogP contribution in [0.1, 0.15) is 25.3 Å². The van der Waals surface area contributed by atoms with Crippen LogP contribution in [-0.2, 0) is 11.0 Å². The summed E-state index contributed by atoms with van der Waals surface area (Å²) in [5, 5.41) is 6.76. The van der Waals surface area contributed by atoms with Gasteiger partial charge in [-0.05, 0) is 49.2 Å². The van der Waals surface area contributed by atoms with Gasteiger partial charge in [-0.15, -0.1) is 0 Å². The quantitative estimate of drug-likeness (QED) is 0.302. The van der Waals surface area contributed by atoms with Gasteiger partial charge in [0, 0.05) is 35.1 Å². The van der Waals surface area contributed by atoms with E-state index in [0.29, 0.717) is 6.07 Å². The number of alkyl halides is 3. The van der Waals surface area contributed by atoms with Gasteiger partial charge in [0.2, 0.25) is 5.91 Å². The molecule has 0 radical (unpaired) electrons. The fourth-order valence-corrected chi connectivity index (χ4v) is 3.35. The Morgan fingerprint density at radius 1 is 1.00 bits per heavy atom. The smallest absolute Gasteiger partial charge is 0.417 e. The second-order valence-electron chi connectivity index (χ2n) is 8.41. The van der Waals surface area contributed by atoms with Crippen molar-refractivity contribution < 1.29 is 31.9 Å². The van der Waals surface area contributed by atoms with Crippen LogP contribution in [0.4, 0.5) is 39.5 Å². The molecule has 3 amide bonds. The van der Waals surface area contributed by atoms with Crippen LogP contribution in [0.15, 0.2) is 54.7 Å². The molecule has 0 atom stereocenters. The Kier molecular flexibility index (Phi) is 6.77. The van der Waals surface area contributed by atoms with Crippen LogP contribution < -0.4 is 20.7 Å². The number of nitrogens with one attached hydrogen (secondary N) is 3. The van der Waals surface area contributed by atoms with Crippen molar-refractivity contribution in [3.8, 4) is 11.5 Å². The molecule has 3 N–H and O–H groups in total. The molecular weight excluding hydrogens is 504 g/mol. The van der Waals surface area contributed by atoms with Crippen LogP contribution in [0.3, 0.4) is 0 Å². The van der Waals surface area contributed by atoms with Crippen LogP contribution >= 0.6 is 11.6 Å². The first-order chi connectivity index (χ1) is 16.9. The van der Waals surface area contributed by atoms with Gasteiger partial charge < -0.3 is 20.7 Å². The fourth-order valence-electron chi connectivity index (χ4n) is 3.13. The molecule has 1 fully saturated rings. The third-order valence-electron chi connectivity index (χ3n) is 5.47. The maximum atomic E-state index is 14.6. The number of halogens is 5. The number of carbonyl (C=O) groups is 2. The maximum absolute atomic E-state index is 14.6. The number of rotatable bonds is 6. The summed E-state index contributed by atoms with van der Waals surface area (Å²) in [5.41, 5.74) is -1.62. The summed E-state index contributed by atoms with van der Waals surface area (Å²) >= 11 is 5.56. The SMILES string of the molecule is CC1(C(=O)Nc2cc(Oc3ccc(NC(=O)Nc4ccc(Cl)c(C(F)(F)F)c4)cc3F)ccn2)CC1. The van der Waals surface area contributed by atoms with Crippen molar-refractivity contribution in [1.82, 2.24) is 4.98 Å². The van der Waals surface area contributed by atoms with Crippen molar-refractivity contribution in [1.29, 1.82) is 0 Å². The summed E-state index contributed by atoms with van der Waals surface area (Å²) in [7, 11) is 0. The zero-order chi connectivity index (χ0) is 26.1. The lowest BCUT2D eigenvalue weighted by Gasteiger charge is -2.13. The average Bonchev–Trinajstić information content (AvgIpc) is 3.55. The summed E-state index contributed by atoms with van der Waals surface area (Å²) in [6.07, 6.45) is -1.69. The van der Waals surface area contributed by atoms with E-state index in [1.807, 2.05) is 6.92 Å². The Hall–Kier alpha value is -3.86. The van der Waals surface area contributed by atoms with E-state index >= 15 is 0 Å². The molecule has 12 heteroatoms. The lowest BCUT2D eigenvalue weighted by molar-refractivity contribution is -0.137. The molecule has 36 heavy (non-hydrogen) atoms. The highest BCUT2D eigenvalue weighted by atomic mass is 35.5. The topological polar surface area (TPSA) is 92.4 Å². The van der Waals surface area contributed by atoms with E-state index in [9.17, 15) is 27.2 Å². The van der Waals surface area contributed by atoms with Gasteiger partial charge in [0.15, 0.2) is 11.6 Å². The largest absolute Gasteiger partial charge is 0.454 e. The van der Waals surface area contributed by atoms with Crippen LogP contribution in [0.5, 0.6) is 11.5 Å². The van der Waals surface area contributed by atoms with Gasteiger partial charge in [-0.1, -0.05) is 18.5 Å².